The summed E-state index contributed by atoms with van der Waals surface area (Å²) in [5.74, 6) is 0.541. The van der Waals surface area contributed by atoms with Gasteiger partial charge in [-0.1, -0.05) is 81.7 Å². The van der Waals surface area contributed by atoms with Crippen LogP contribution in [0, 0.1) is 0 Å². The lowest BCUT2D eigenvalue weighted by atomic mass is 10.2. The van der Waals surface area contributed by atoms with Crippen molar-refractivity contribution in [3.05, 3.63) is 56.8 Å². The van der Waals surface area contributed by atoms with E-state index in [1.54, 1.807) is 18.2 Å². The molecule has 1 N–H and O–H groups in total. The summed E-state index contributed by atoms with van der Waals surface area (Å²) < 4.78 is 4.05. The van der Waals surface area contributed by atoms with Gasteiger partial charge in [0.1, 0.15) is 22.9 Å². The summed E-state index contributed by atoms with van der Waals surface area (Å²) in [7, 11) is 0. The van der Waals surface area contributed by atoms with Crippen molar-refractivity contribution in [3.63, 3.8) is 0 Å². The Bertz CT molecular complexity index is 886. The van der Waals surface area contributed by atoms with Crippen LogP contribution in [0.25, 0.3) is 11.0 Å². The average Bonchev–Trinajstić information content (AvgIpc) is 2.95. The Hall–Kier alpha value is -0.550. The second-order valence-corrected chi connectivity index (χ2v) is 8.37. The Balaban J connectivity index is 1.93. The number of benzene rings is 2. The number of nitrogens with one attached hydrogen (secondary N) is 1. The number of ether oxygens (including phenoxy) is 1. The zero-order valence-corrected chi connectivity index (χ0v) is 16.3. The first kappa shape index (κ1) is 18.2. The van der Waals surface area contributed by atoms with E-state index in [9.17, 15) is 0 Å². The van der Waals surface area contributed by atoms with E-state index in [4.69, 9.17) is 74.3 Å². The highest BCUT2D eigenvalue weighted by Crippen LogP contribution is 2.42. The summed E-state index contributed by atoms with van der Waals surface area (Å²) in [5.41, 5.74) is 1.89. The number of fused-ring (bicyclic) bond motifs is 1. The molecule has 0 unspecified atom stereocenters. The zero-order chi connectivity index (χ0) is 17.5. The fourth-order valence-electron chi connectivity index (χ4n) is 2.05. The van der Waals surface area contributed by atoms with Crippen molar-refractivity contribution >= 4 is 80.6 Å². The van der Waals surface area contributed by atoms with Crippen LogP contribution in [0.1, 0.15) is 11.4 Å². The third kappa shape index (κ3) is 3.82. The van der Waals surface area contributed by atoms with E-state index in [1.807, 2.05) is 12.1 Å². The van der Waals surface area contributed by atoms with Gasteiger partial charge in [-0.25, -0.2) is 4.98 Å². The average molecular weight is 445 g/mol. The predicted octanol–water partition coefficient (Wildman–Crippen LogP) is 6.93. The highest BCUT2D eigenvalue weighted by Gasteiger charge is 2.28. The van der Waals surface area contributed by atoms with E-state index in [0.29, 0.717) is 28.4 Å². The molecule has 24 heavy (non-hydrogen) atoms. The van der Waals surface area contributed by atoms with Gasteiger partial charge in [-0.05, 0) is 17.7 Å². The monoisotopic (exact) mass is 442 g/mol. The highest BCUT2D eigenvalue weighted by molar-refractivity contribution is 6.66. The van der Waals surface area contributed by atoms with E-state index in [-0.39, 0.29) is 15.9 Å². The third-order valence-electron chi connectivity index (χ3n) is 3.20. The summed E-state index contributed by atoms with van der Waals surface area (Å²) in [5, 5.41) is 1.11. The summed E-state index contributed by atoms with van der Waals surface area (Å²) in [6, 6.07) is 8.92. The lowest BCUT2D eigenvalue weighted by molar-refractivity contribution is 0.307. The SMILES string of the molecule is Clc1ccc(COc2cc3[nH]c(C(Cl)(Cl)Cl)nc3c(Cl)c2Cl)cc1. The van der Waals surface area contributed by atoms with Crippen LogP contribution in [-0.4, -0.2) is 9.97 Å². The molecule has 3 nitrogen and oxygen atoms in total. The Kier molecular flexibility index (Phi) is 5.31. The number of rotatable bonds is 3. The van der Waals surface area contributed by atoms with Crippen molar-refractivity contribution in [3.8, 4) is 5.75 Å². The maximum atomic E-state index is 6.26. The van der Waals surface area contributed by atoms with Crippen LogP contribution in [-0.2, 0) is 10.4 Å². The smallest absolute Gasteiger partial charge is 0.248 e. The van der Waals surface area contributed by atoms with Gasteiger partial charge in [-0.2, -0.15) is 0 Å². The summed E-state index contributed by atoms with van der Waals surface area (Å²) in [4.78, 5) is 7.08. The van der Waals surface area contributed by atoms with Crippen molar-refractivity contribution in [1.82, 2.24) is 9.97 Å². The molecular weight excluding hydrogens is 437 g/mol. The van der Waals surface area contributed by atoms with Crippen molar-refractivity contribution < 1.29 is 4.74 Å². The number of halogens is 6. The molecule has 3 aromatic rings. The molecule has 0 aliphatic carbocycles. The largest absolute Gasteiger partial charge is 0.487 e. The van der Waals surface area contributed by atoms with Gasteiger partial charge in [0.15, 0.2) is 5.82 Å². The lowest BCUT2D eigenvalue weighted by Gasteiger charge is -2.09. The van der Waals surface area contributed by atoms with Gasteiger partial charge in [0.2, 0.25) is 3.79 Å². The molecule has 2 aromatic carbocycles. The van der Waals surface area contributed by atoms with Gasteiger partial charge in [0.05, 0.1) is 10.5 Å². The van der Waals surface area contributed by atoms with Crippen LogP contribution in [0.5, 0.6) is 5.75 Å². The van der Waals surface area contributed by atoms with E-state index in [0.717, 1.165) is 5.56 Å². The lowest BCUT2D eigenvalue weighted by Crippen LogP contribution is -2.02. The Morgan fingerprint density at radius 3 is 2.29 bits per heavy atom. The van der Waals surface area contributed by atoms with Crippen LogP contribution in [0.4, 0.5) is 0 Å². The molecule has 0 aliphatic rings. The minimum Gasteiger partial charge on any atom is -0.487 e. The number of imidazole rings is 1. The molecule has 0 amide bonds. The van der Waals surface area contributed by atoms with Gasteiger partial charge in [-0.3, -0.25) is 0 Å². The highest BCUT2D eigenvalue weighted by atomic mass is 35.6. The van der Waals surface area contributed by atoms with E-state index in [1.165, 1.54) is 0 Å². The molecule has 1 aromatic heterocycles. The molecule has 3 rings (SSSR count). The van der Waals surface area contributed by atoms with E-state index >= 15 is 0 Å². The molecule has 0 bridgehead atoms. The van der Waals surface area contributed by atoms with Crippen LogP contribution in [0.3, 0.4) is 0 Å². The van der Waals surface area contributed by atoms with Crippen LogP contribution >= 0.6 is 69.6 Å². The number of aromatic nitrogens is 2. The predicted molar refractivity (Wildman–Crippen MR) is 101 cm³/mol. The van der Waals surface area contributed by atoms with Gasteiger partial charge >= 0.3 is 0 Å². The molecule has 0 aliphatic heterocycles. The van der Waals surface area contributed by atoms with Gasteiger partial charge in [0.25, 0.3) is 0 Å². The fourth-order valence-corrected chi connectivity index (χ4v) is 2.88. The standard InChI is InChI=1S/C15H8Cl6N2O/c16-8-3-1-7(2-4-8)6-24-10-5-9-13(12(18)11(10)17)23-14(22-9)15(19,20)21/h1-5H,6H2,(H,22,23). The topological polar surface area (TPSA) is 37.9 Å². The van der Waals surface area contributed by atoms with Gasteiger partial charge in [0, 0.05) is 11.1 Å². The molecule has 0 spiro atoms. The van der Waals surface area contributed by atoms with Gasteiger partial charge < -0.3 is 9.72 Å². The quantitative estimate of drug-likeness (QED) is 0.445. The van der Waals surface area contributed by atoms with Crippen LogP contribution in [0.2, 0.25) is 15.1 Å². The summed E-state index contributed by atoms with van der Waals surface area (Å²) in [6.07, 6.45) is 0. The molecule has 126 valence electrons. The Labute approximate surface area is 167 Å². The Morgan fingerprint density at radius 1 is 1.00 bits per heavy atom. The van der Waals surface area contributed by atoms with Crippen molar-refractivity contribution in [1.29, 1.82) is 0 Å². The van der Waals surface area contributed by atoms with Crippen LogP contribution < -0.4 is 4.74 Å². The number of aromatic amines is 1. The van der Waals surface area contributed by atoms with E-state index < -0.39 is 3.79 Å². The maximum Gasteiger partial charge on any atom is 0.248 e. The number of hydrogen-bond acceptors (Lipinski definition) is 2. The zero-order valence-electron chi connectivity index (χ0n) is 11.7. The van der Waals surface area contributed by atoms with Crippen LogP contribution in [0.15, 0.2) is 30.3 Å². The minimum atomic E-state index is -1.70. The second kappa shape index (κ2) is 6.99. The fraction of sp³-hybridized carbons (Fsp3) is 0.133. The summed E-state index contributed by atoms with van der Waals surface area (Å²) in [6.45, 7) is 0.296. The van der Waals surface area contributed by atoms with Crippen molar-refractivity contribution in [2.75, 3.05) is 0 Å². The molecule has 0 fully saturated rings. The van der Waals surface area contributed by atoms with Gasteiger partial charge in [-0.15, -0.1) is 0 Å². The first-order chi connectivity index (χ1) is 11.3. The normalized spacial score (nSPS) is 11.9. The molecule has 9 heteroatoms. The molecule has 0 atom stereocenters. The number of alkyl halides is 3. The Morgan fingerprint density at radius 2 is 1.67 bits per heavy atom. The summed E-state index contributed by atoms with van der Waals surface area (Å²) >= 11 is 35.9. The first-order valence-electron chi connectivity index (χ1n) is 6.58. The second-order valence-electron chi connectivity index (χ2n) is 4.90. The first-order valence-corrected chi connectivity index (χ1v) is 8.84. The number of H-pyrrole nitrogens is 1. The molecule has 1 heterocycles. The van der Waals surface area contributed by atoms with E-state index in [2.05, 4.69) is 9.97 Å². The maximum absolute atomic E-state index is 6.26. The number of hydrogen-bond donors (Lipinski definition) is 1. The van der Waals surface area contributed by atoms with Crippen molar-refractivity contribution in [2.24, 2.45) is 0 Å². The molecule has 0 saturated heterocycles. The van der Waals surface area contributed by atoms with Crippen molar-refractivity contribution in [2.45, 2.75) is 10.4 Å². The molecule has 0 radical (unpaired) electrons. The number of nitrogens with zero attached hydrogens (tertiary/aromatic N) is 1. The minimum absolute atomic E-state index is 0.148. The molecular formula is C15H8Cl6N2O. The molecule has 0 saturated carbocycles. The third-order valence-corrected chi connectivity index (χ3v) is 4.83.